The number of rotatable bonds is 1. The van der Waals surface area contributed by atoms with Crippen molar-refractivity contribution in [1.29, 1.82) is 0 Å². The molecule has 0 spiro atoms. The molecule has 0 aromatic heterocycles. The van der Waals surface area contributed by atoms with E-state index in [1.807, 2.05) is 0 Å². The molecule has 0 atom stereocenters. The third kappa shape index (κ3) is 0.758. The molecule has 3 heteroatoms. The summed E-state index contributed by atoms with van der Waals surface area (Å²) in [6.07, 6.45) is 0. The smallest absolute Gasteiger partial charge is 0.0840 e. The van der Waals surface area contributed by atoms with Crippen LogP contribution in [0.25, 0.3) is 0 Å². The molecule has 0 aromatic carbocycles. The van der Waals surface area contributed by atoms with Crippen molar-refractivity contribution >= 4 is 11.9 Å². The molecule has 0 unspecified atom stereocenters. The van der Waals surface area contributed by atoms with Crippen molar-refractivity contribution in [2.24, 2.45) is 0 Å². The zero-order valence-electron chi connectivity index (χ0n) is 2.65. The Bertz CT molecular complexity index is 36.6. The lowest BCUT2D eigenvalue weighted by molar-refractivity contribution is 0.0852. The first-order chi connectivity index (χ1) is 2.43. The van der Waals surface area contributed by atoms with Crippen molar-refractivity contribution < 1.29 is 4.39 Å². The molecule has 1 saturated heterocycles. The highest BCUT2D eigenvalue weighted by Gasteiger charge is 2.16. The van der Waals surface area contributed by atoms with Crippen LogP contribution >= 0.6 is 11.9 Å². The highest BCUT2D eigenvalue weighted by molar-refractivity contribution is 6.07. The first-order valence-corrected chi connectivity index (χ1v) is 1.78. The Morgan fingerprint density at radius 1 is 1.60 bits per heavy atom. The van der Waals surface area contributed by atoms with E-state index in [9.17, 15) is 0 Å². The topological polar surface area (TPSA) is 12.2 Å². The van der Waals surface area contributed by atoms with Gasteiger partial charge in [-0.2, -0.15) is 9.45 Å². The number of halogens is 1. The van der Waals surface area contributed by atoms with E-state index in [-0.39, 0.29) is 0 Å². The molecule has 1 fully saturated rings. The van der Waals surface area contributed by atoms with Gasteiger partial charge in [0.1, 0.15) is 0 Å². The maximum Gasteiger partial charge on any atom is 0.0840 e. The molecular formula is C2H4ClNO. The largest absolute Gasteiger partial charge is 0.187 e. The Hall–Kier alpha value is 0.210. The summed E-state index contributed by atoms with van der Waals surface area (Å²) < 4.78 is 4.17. The van der Waals surface area contributed by atoms with E-state index in [2.05, 4.69) is 4.39 Å². The van der Waals surface area contributed by atoms with Gasteiger partial charge in [-0.25, -0.2) is 0 Å². The lowest BCUT2D eigenvalue weighted by atomic mass is 11.0. The molecule has 1 heterocycles. The lowest BCUT2D eigenvalue weighted by Gasteiger charge is -1.80. The maximum atomic E-state index is 4.82. The van der Waals surface area contributed by atoms with Crippen LogP contribution in [-0.4, -0.2) is 18.2 Å². The Morgan fingerprint density at radius 3 is 2.20 bits per heavy atom. The summed E-state index contributed by atoms with van der Waals surface area (Å²) in [5, 5.41) is 1.64. The van der Waals surface area contributed by atoms with Gasteiger partial charge >= 0.3 is 0 Å². The first-order valence-electron chi connectivity index (χ1n) is 1.47. The van der Waals surface area contributed by atoms with Crippen molar-refractivity contribution in [2.45, 2.75) is 0 Å². The molecule has 0 aromatic rings. The average Bonchev–Trinajstić information content (AvgIpc) is 2.12. The number of hydrogen-bond acceptors (Lipinski definition) is 2. The molecule has 1 rings (SSSR count). The minimum atomic E-state index is 0.990. The van der Waals surface area contributed by atoms with Gasteiger partial charge in [-0.3, -0.25) is 0 Å². The van der Waals surface area contributed by atoms with Crippen molar-refractivity contribution in [3.63, 3.8) is 0 Å². The van der Waals surface area contributed by atoms with E-state index in [1.54, 1.807) is 5.06 Å². The number of hydrogen-bond donors (Lipinski definition) is 0. The third-order valence-corrected chi connectivity index (χ3v) is 0.699. The van der Waals surface area contributed by atoms with Crippen LogP contribution in [0.3, 0.4) is 0 Å². The average molecular weight is 93.5 g/mol. The number of nitrogens with zero attached hydrogens (tertiary/aromatic N) is 1. The van der Waals surface area contributed by atoms with Gasteiger partial charge in [0.15, 0.2) is 0 Å². The van der Waals surface area contributed by atoms with Crippen LogP contribution in [0.4, 0.5) is 0 Å². The van der Waals surface area contributed by atoms with Crippen molar-refractivity contribution in [3.05, 3.63) is 0 Å². The van der Waals surface area contributed by atoms with E-state index in [0.717, 1.165) is 13.1 Å². The SMILES string of the molecule is ClON1CC1. The molecule has 0 radical (unpaired) electrons. The molecule has 0 aliphatic carbocycles. The van der Waals surface area contributed by atoms with Crippen LogP contribution in [-0.2, 0) is 4.39 Å². The Labute approximate surface area is 35.4 Å². The van der Waals surface area contributed by atoms with E-state index in [1.165, 1.54) is 0 Å². The van der Waals surface area contributed by atoms with Crippen LogP contribution in [0.5, 0.6) is 0 Å². The van der Waals surface area contributed by atoms with Gasteiger partial charge in [-0.15, -0.1) is 0 Å². The van der Waals surface area contributed by atoms with Crippen LogP contribution in [0.2, 0.25) is 0 Å². The second-order valence-electron chi connectivity index (χ2n) is 0.998. The fraction of sp³-hybridized carbons (Fsp3) is 1.00. The van der Waals surface area contributed by atoms with Crippen LogP contribution in [0.15, 0.2) is 0 Å². The van der Waals surface area contributed by atoms with E-state index >= 15 is 0 Å². The third-order valence-electron chi connectivity index (χ3n) is 0.504. The van der Waals surface area contributed by atoms with Gasteiger partial charge in [-0.1, -0.05) is 0 Å². The summed E-state index contributed by atoms with van der Waals surface area (Å²) in [5.41, 5.74) is 0. The lowest BCUT2D eigenvalue weighted by Crippen LogP contribution is -1.82. The Morgan fingerprint density at radius 2 is 2.20 bits per heavy atom. The molecule has 1 aliphatic rings. The summed E-state index contributed by atoms with van der Waals surface area (Å²) >= 11 is 4.82. The molecule has 2 nitrogen and oxygen atoms in total. The standard InChI is InChI=1S/C2H4ClNO/c3-5-4-1-2-4/h1-2H2. The summed E-state index contributed by atoms with van der Waals surface area (Å²) in [7, 11) is 0. The quantitative estimate of drug-likeness (QED) is 0.435. The van der Waals surface area contributed by atoms with E-state index in [4.69, 9.17) is 11.9 Å². The summed E-state index contributed by atoms with van der Waals surface area (Å²) in [6.45, 7) is 1.98. The van der Waals surface area contributed by atoms with Gasteiger partial charge < -0.3 is 0 Å². The predicted molar refractivity (Wildman–Crippen MR) is 18.5 cm³/mol. The summed E-state index contributed by atoms with van der Waals surface area (Å²) in [6, 6.07) is 0. The molecule has 30 valence electrons. The minimum Gasteiger partial charge on any atom is -0.187 e. The second kappa shape index (κ2) is 1.12. The monoisotopic (exact) mass is 93.0 g/mol. The number of hydroxylamine groups is 2. The molecule has 0 N–H and O–H groups in total. The van der Waals surface area contributed by atoms with Gasteiger partial charge in [-0.05, 0) is 0 Å². The minimum absolute atomic E-state index is 0.990. The van der Waals surface area contributed by atoms with Gasteiger partial charge in [0.05, 0.1) is 11.9 Å². The molecule has 5 heavy (non-hydrogen) atoms. The maximum absolute atomic E-state index is 4.82. The normalized spacial score (nSPS) is 23.4. The van der Waals surface area contributed by atoms with Gasteiger partial charge in [0, 0.05) is 13.1 Å². The molecule has 0 amide bonds. The molecule has 1 aliphatic heterocycles. The fourth-order valence-electron chi connectivity index (χ4n) is 0.110. The second-order valence-corrected chi connectivity index (χ2v) is 1.14. The highest BCUT2D eigenvalue weighted by atomic mass is 35.5. The summed E-state index contributed by atoms with van der Waals surface area (Å²) in [4.78, 5) is 0. The highest BCUT2D eigenvalue weighted by Crippen LogP contribution is 2.04. The first kappa shape index (κ1) is 3.40. The molecule has 0 saturated carbocycles. The Balaban J connectivity index is 2.00. The summed E-state index contributed by atoms with van der Waals surface area (Å²) in [5.74, 6) is 0. The van der Waals surface area contributed by atoms with Crippen LogP contribution in [0.1, 0.15) is 0 Å². The van der Waals surface area contributed by atoms with Crippen molar-refractivity contribution in [1.82, 2.24) is 5.06 Å². The van der Waals surface area contributed by atoms with Crippen LogP contribution < -0.4 is 0 Å². The molecular weight excluding hydrogens is 89.5 g/mol. The van der Waals surface area contributed by atoms with Gasteiger partial charge in [0.2, 0.25) is 0 Å². The van der Waals surface area contributed by atoms with E-state index in [0.29, 0.717) is 0 Å². The Kier molecular flexibility index (Phi) is 0.765. The zero-order valence-corrected chi connectivity index (χ0v) is 3.40. The molecule has 0 bridgehead atoms. The van der Waals surface area contributed by atoms with Gasteiger partial charge in [0.25, 0.3) is 0 Å². The van der Waals surface area contributed by atoms with Crippen molar-refractivity contribution in [2.75, 3.05) is 13.1 Å². The predicted octanol–water partition coefficient (Wildman–Crippen LogP) is 0.387. The zero-order chi connectivity index (χ0) is 3.70. The van der Waals surface area contributed by atoms with Crippen LogP contribution in [0, 0.1) is 0 Å². The fourth-order valence-corrected chi connectivity index (χ4v) is 0.248. The van der Waals surface area contributed by atoms with Crippen molar-refractivity contribution in [3.8, 4) is 0 Å². The van der Waals surface area contributed by atoms with E-state index < -0.39 is 0 Å².